The molecule has 1 saturated carbocycles. The zero-order valence-corrected chi connectivity index (χ0v) is 22.2. The summed E-state index contributed by atoms with van der Waals surface area (Å²) in [5.74, 6) is -4.12. The summed E-state index contributed by atoms with van der Waals surface area (Å²) in [6.45, 7) is 0.190. The van der Waals surface area contributed by atoms with Gasteiger partial charge in [0.2, 0.25) is 5.91 Å². The number of carboxylic acid groups (broad SMARTS) is 2. The van der Waals surface area contributed by atoms with E-state index in [4.69, 9.17) is 20.3 Å². The van der Waals surface area contributed by atoms with Crippen LogP contribution in [0, 0.1) is 5.92 Å². The van der Waals surface area contributed by atoms with E-state index >= 15 is 0 Å². The van der Waals surface area contributed by atoms with Crippen molar-refractivity contribution in [3.63, 3.8) is 0 Å². The van der Waals surface area contributed by atoms with Gasteiger partial charge >= 0.3 is 23.9 Å². The molecule has 2 aromatic carbocycles. The Morgan fingerprint density at radius 2 is 1.32 bits per heavy atom. The van der Waals surface area contributed by atoms with Crippen LogP contribution in [0.15, 0.2) is 60.7 Å². The van der Waals surface area contributed by atoms with Gasteiger partial charge in [0.15, 0.2) is 0 Å². The van der Waals surface area contributed by atoms with Crippen molar-refractivity contribution >= 4 is 29.8 Å². The third-order valence-electron chi connectivity index (χ3n) is 6.13. The lowest BCUT2D eigenvalue weighted by atomic mass is 9.88. The molecule has 0 aromatic heterocycles. The summed E-state index contributed by atoms with van der Waals surface area (Å²) in [5.41, 5.74) is 6.98. The van der Waals surface area contributed by atoms with Gasteiger partial charge < -0.3 is 30.7 Å². The molecule has 40 heavy (non-hydrogen) atoms. The van der Waals surface area contributed by atoms with Crippen LogP contribution in [0.2, 0.25) is 0 Å². The summed E-state index contributed by atoms with van der Waals surface area (Å²) < 4.78 is 9.95. The second kappa shape index (κ2) is 17.4. The van der Waals surface area contributed by atoms with Gasteiger partial charge in [-0.2, -0.15) is 0 Å². The molecule has 1 amide bonds. The van der Waals surface area contributed by atoms with Gasteiger partial charge in [-0.25, -0.2) is 4.79 Å². The molecule has 5 N–H and O–H groups in total. The van der Waals surface area contributed by atoms with Crippen LogP contribution >= 0.6 is 0 Å². The predicted octanol–water partition coefficient (Wildman–Crippen LogP) is 2.80. The minimum Gasteiger partial charge on any atom is -0.481 e. The average Bonchev–Trinajstić information content (AvgIpc) is 2.96. The topological polar surface area (TPSA) is 182 Å². The van der Waals surface area contributed by atoms with Crippen LogP contribution in [0.25, 0.3) is 0 Å². The van der Waals surface area contributed by atoms with Crippen LogP contribution in [0.5, 0.6) is 0 Å². The van der Waals surface area contributed by atoms with Gasteiger partial charge in [0.1, 0.15) is 25.3 Å². The number of carbonyl (C=O) groups excluding carboxylic acids is 3. The Kier molecular flexibility index (Phi) is 13.9. The predicted molar refractivity (Wildman–Crippen MR) is 143 cm³/mol. The molecule has 1 fully saturated rings. The second-order valence-corrected chi connectivity index (χ2v) is 9.38. The summed E-state index contributed by atoms with van der Waals surface area (Å²) in [4.78, 5) is 56.8. The molecule has 11 nitrogen and oxygen atoms in total. The maximum Gasteiger partial charge on any atom is 0.326 e. The number of nitrogens with one attached hydrogen (secondary N) is 1. The Labute approximate surface area is 232 Å². The van der Waals surface area contributed by atoms with E-state index in [2.05, 4.69) is 5.32 Å². The SMILES string of the molecule is N[C@@H](CC(=O)O)C(=O)OCc1ccccc1.O=C(CC(NC(=O)C1CCCCC1)C(=O)O)OCc1ccccc1. The highest BCUT2D eigenvalue weighted by Gasteiger charge is 2.28. The number of aliphatic carboxylic acids is 2. The zero-order chi connectivity index (χ0) is 29.3. The first kappa shape index (κ1) is 32.0. The molecule has 0 aliphatic heterocycles. The first-order valence-corrected chi connectivity index (χ1v) is 13.1. The van der Waals surface area contributed by atoms with E-state index in [1.54, 1.807) is 12.1 Å². The van der Waals surface area contributed by atoms with E-state index < -0.39 is 42.4 Å². The van der Waals surface area contributed by atoms with E-state index in [9.17, 15) is 29.1 Å². The van der Waals surface area contributed by atoms with E-state index in [0.717, 1.165) is 43.2 Å². The molecule has 0 radical (unpaired) electrons. The Hall–Kier alpha value is -4.25. The van der Waals surface area contributed by atoms with Crippen LogP contribution in [-0.2, 0) is 46.7 Å². The Balaban J connectivity index is 0.000000305. The molecule has 3 rings (SSSR count). The van der Waals surface area contributed by atoms with Gasteiger partial charge in [-0.1, -0.05) is 79.9 Å². The van der Waals surface area contributed by atoms with Crippen molar-refractivity contribution in [2.24, 2.45) is 11.7 Å². The van der Waals surface area contributed by atoms with Gasteiger partial charge in [-0.15, -0.1) is 0 Å². The van der Waals surface area contributed by atoms with Crippen LogP contribution in [0.1, 0.15) is 56.1 Å². The maximum absolute atomic E-state index is 12.1. The fourth-order valence-electron chi connectivity index (χ4n) is 3.93. The molecule has 0 bridgehead atoms. The minimum atomic E-state index is -1.25. The quantitative estimate of drug-likeness (QED) is 0.284. The Bertz CT molecular complexity index is 1100. The standard InChI is InChI=1S/C18H23NO5.C11H13NO4/c20-16(24-12-13-7-3-1-4-8-13)11-15(18(22)23)19-17(21)14-9-5-2-6-10-14;12-9(6-10(13)14)11(15)16-7-8-4-2-1-3-5-8/h1,3-4,7-8,14-15H,2,5-6,9-12H2,(H,19,21)(H,22,23);1-5,9H,6-7,12H2,(H,13,14)/t;9-/m.0/s1. The monoisotopic (exact) mass is 556 g/mol. The molecule has 0 heterocycles. The summed E-state index contributed by atoms with van der Waals surface area (Å²) in [7, 11) is 0. The van der Waals surface area contributed by atoms with Crippen molar-refractivity contribution in [3.05, 3.63) is 71.8 Å². The third-order valence-corrected chi connectivity index (χ3v) is 6.13. The zero-order valence-electron chi connectivity index (χ0n) is 22.2. The summed E-state index contributed by atoms with van der Waals surface area (Å²) in [5, 5.41) is 20.1. The number of ether oxygens (including phenoxy) is 2. The molecular weight excluding hydrogens is 520 g/mol. The Morgan fingerprint density at radius 3 is 1.82 bits per heavy atom. The first-order valence-electron chi connectivity index (χ1n) is 13.1. The van der Waals surface area contributed by atoms with Crippen molar-refractivity contribution in [3.8, 4) is 0 Å². The normalized spacial score (nSPS) is 14.4. The van der Waals surface area contributed by atoms with Crippen LogP contribution in [-0.4, -0.2) is 52.1 Å². The number of rotatable bonds is 12. The fraction of sp³-hybridized carbons (Fsp3) is 0.414. The number of esters is 2. The largest absolute Gasteiger partial charge is 0.481 e. The lowest BCUT2D eigenvalue weighted by Gasteiger charge is -2.23. The molecule has 2 aromatic rings. The van der Waals surface area contributed by atoms with Crippen molar-refractivity contribution in [1.29, 1.82) is 0 Å². The Morgan fingerprint density at radius 1 is 0.800 bits per heavy atom. The number of hydrogen-bond donors (Lipinski definition) is 4. The lowest BCUT2D eigenvalue weighted by Crippen LogP contribution is -2.45. The number of carbonyl (C=O) groups is 5. The van der Waals surface area contributed by atoms with Crippen LogP contribution in [0.3, 0.4) is 0 Å². The first-order chi connectivity index (χ1) is 19.2. The maximum atomic E-state index is 12.1. The highest BCUT2D eigenvalue weighted by atomic mass is 16.5. The van der Waals surface area contributed by atoms with Crippen molar-refractivity contribution in [1.82, 2.24) is 5.32 Å². The molecule has 216 valence electrons. The third kappa shape index (κ3) is 12.5. The lowest BCUT2D eigenvalue weighted by molar-refractivity contribution is -0.151. The minimum absolute atomic E-state index is 0.0859. The molecule has 1 aliphatic rings. The molecule has 2 atom stereocenters. The van der Waals surface area contributed by atoms with Gasteiger partial charge in [-0.3, -0.25) is 19.2 Å². The number of hydrogen-bond acceptors (Lipinski definition) is 8. The number of amides is 1. The van der Waals surface area contributed by atoms with Crippen molar-refractivity contribution < 1.29 is 43.7 Å². The molecule has 11 heteroatoms. The molecule has 1 unspecified atom stereocenters. The van der Waals surface area contributed by atoms with E-state index in [1.807, 2.05) is 48.5 Å². The van der Waals surface area contributed by atoms with Crippen LogP contribution < -0.4 is 11.1 Å². The average molecular weight is 557 g/mol. The summed E-state index contributed by atoms with van der Waals surface area (Å²) in [6, 6.07) is 15.9. The van der Waals surface area contributed by atoms with E-state index in [-0.39, 0.29) is 31.5 Å². The van der Waals surface area contributed by atoms with Gasteiger partial charge in [0.05, 0.1) is 12.8 Å². The highest BCUT2D eigenvalue weighted by Crippen LogP contribution is 2.23. The number of nitrogens with two attached hydrogens (primary N) is 1. The van der Waals surface area contributed by atoms with Crippen LogP contribution in [0.4, 0.5) is 0 Å². The molecule has 1 aliphatic carbocycles. The summed E-state index contributed by atoms with van der Waals surface area (Å²) in [6.07, 6.45) is 3.82. The van der Waals surface area contributed by atoms with Gasteiger partial charge in [-0.05, 0) is 24.0 Å². The van der Waals surface area contributed by atoms with Crippen molar-refractivity contribution in [2.75, 3.05) is 0 Å². The summed E-state index contributed by atoms with van der Waals surface area (Å²) >= 11 is 0. The van der Waals surface area contributed by atoms with Gasteiger partial charge in [0.25, 0.3) is 0 Å². The molecule has 0 spiro atoms. The van der Waals surface area contributed by atoms with Gasteiger partial charge in [0, 0.05) is 5.92 Å². The molecular formula is C29H36N2O9. The van der Waals surface area contributed by atoms with Crippen molar-refractivity contribution in [2.45, 2.75) is 70.2 Å². The highest BCUT2D eigenvalue weighted by molar-refractivity contribution is 5.88. The number of benzene rings is 2. The smallest absolute Gasteiger partial charge is 0.326 e. The number of carboxylic acids is 2. The second-order valence-electron chi connectivity index (χ2n) is 9.38. The van der Waals surface area contributed by atoms with E-state index in [1.165, 1.54) is 0 Å². The van der Waals surface area contributed by atoms with E-state index in [0.29, 0.717) is 0 Å². The fourth-order valence-corrected chi connectivity index (χ4v) is 3.93. The molecule has 0 saturated heterocycles.